The molecule has 0 amide bonds. The fourth-order valence-corrected chi connectivity index (χ4v) is 4.84. The van der Waals surface area contributed by atoms with Crippen molar-refractivity contribution in [3.63, 3.8) is 0 Å². The van der Waals surface area contributed by atoms with Gasteiger partial charge in [-0.2, -0.15) is 9.97 Å². The Kier molecular flexibility index (Phi) is 7.28. The fourth-order valence-electron chi connectivity index (χ4n) is 3.51. The summed E-state index contributed by atoms with van der Waals surface area (Å²) in [6, 6.07) is 4.42. The Morgan fingerprint density at radius 1 is 1.30 bits per heavy atom. The molecule has 1 aliphatic heterocycles. The second-order valence-corrected chi connectivity index (χ2v) is 9.87. The zero-order chi connectivity index (χ0) is 23.5. The number of carboxylic acids is 1. The van der Waals surface area contributed by atoms with Gasteiger partial charge in [0.2, 0.25) is 5.88 Å². The Morgan fingerprint density at radius 3 is 2.76 bits per heavy atom. The van der Waals surface area contributed by atoms with Crippen molar-refractivity contribution in [2.45, 2.75) is 51.7 Å². The van der Waals surface area contributed by atoms with Crippen LogP contribution in [0.15, 0.2) is 22.7 Å². The Balaban J connectivity index is 1.49. The summed E-state index contributed by atoms with van der Waals surface area (Å²) >= 11 is 4.87. The smallest absolute Gasteiger partial charge is 0.303 e. The van der Waals surface area contributed by atoms with E-state index in [0.29, 0.717) is 23.1 Å². The first kappa shape index (κ1) is 23.6. The summed E-state index contributed by atoms with van der Waals surface area (Å²) in [4.78, 5) is 26.7. The number of hydrogen-bond acceptors (Lipinski definition) is 8. The number of aromatic nitrogens is 3. The van der Waals surface area contributed by atoms with Crippen molar-refractivity contribution >= 4 is 48.7 Å². The van der Waals surface area contributed by atoms with Gasteiger partial charge < -0.3 is 19.5 Å². The summed E-state index contributed by atoms with van der Waals surface area (Å²) in [6.45, 7) is 5.29. The number of hydrogen-bond donors (Lipinski definition) is 1. The molecule has 3 aromatic rings. The Morgan fingerprint density at radius 2 is 2.06 bits per heavy atom. The van der Waals surface area contributed by atoms with Crippen LogP contribution in [-0.4, -0.2) is 51.3 Å². The van der Waals surface area contributed by atoms with Crippen LogP contribution in [0.3, 0.4) is 0 Å². The molecule has 1 aromatic carbocycles. The number of halogens is 2. The van der Waals surface area contributed by atoms with E-state index in [-0.39, 0.29) is 30.9 Å². The highest BCUT2D eigenvalue weighted by atomic mass is 79.9. The molecule has 0 bridgehead atoms. The van der Waals surface area contributed by atoms with E-state index in [2.05, 4.69) is 30.8 Å². The lowest BCUT2D eigenvalue weighted by Crippen LogP contribution is -2.38. The highest BCUT2D eigenvalue weighted by Gasteiger charge is 2.25. The molecule has 1 saturated heterocycles. The lowest BCUT2D eigenvalue weighted by atomic mass is 10.1. The van der Waals surface area contributed by atoms with E-state index in [4.69, 9.17) is 19.6 Å². The number of fused-ring (bicyclic) bond motifs is 1. The van der Waals surface area contributed by atoms with Gasteiger partial charge in [-0.25, -0.2) is 9.37 Å². The standard InChI is InChI=1S/C22H24BrFN4O4S/c1-12(2)31-21-19-20(25-17(26-21)5-6-18(29)30)27-22(33-19)28-9-7-14(8-10-28)32-16-11-13(24)3-4-15(16)23/h3-4,11-12,14H,5-10H2,1-2H3,(H,29,30). The molecule has 0 spiro atoms. The Bertz CT molecular complexity index is 1150. The van der Waals surface area contributed by atoms with E-state index in [1.165, 1.54) is 23.5 Å². The number of benzene rings is 1. The van der Waals surface area contributed by atoms with Gasteiger partial charge in [-0.05, 0) is 41.9 Å². The predicted octanol–water partition coefficient (Wildman–Crippen LogP) is 4.84. The average Bonchev–Trinajstić information content (AvgIpc) is 3.19. The predicted molar refractivity (Wildman–Crippen MR) is 127 cm³/mol. The first-order valence-electron chi connectivity index (χ1n) is 10.7. The van der Waals surface area contributed by atoms with E-state index in [0.717, 1.165) is 40.2 Å². The minimum Gasteiger partial charge on any atom is -0.489 e. The topological polar surface area (TPSA) is 97.7 Å². The monoisotopic (exact) mass is 538 g/mol. The second kappa shape index (κ2) is 10.2. The van der Waals surface area contributed by atoms with Crippen molar-refractivity contribution in [3.05, 3.63) is 34.3 Å². The number of anilines is 1. The minimum atomic E-state index is -0.903. The highest BCUT2D eigenvalue weighted by Crippen LogP contribution is 2.36. The quantitative estimate of drug-likeness (QED) is 0.435. The minimum absolute atomic E-state index is 0.0176. The summed E-state index contributed by atoms with van der Waals surface area (Å²) in [5.41, 5.74) is 0.517. The van der Waals surface area contributed by atoms with Crippen LogP contribution in [0, 0.1) is 5.82 Å². The molecule has 0 atom stereocenters. The first-order valence-corrected chi connectivity index (χ1v) is 12.3. The van der Waals surface area contributed by atoms with Crippen LogP contribution in [0.25, 0.3) is 10.3 Å². The van der Waals surface area contributed by atoms with Crippen molar-refractivity contribution in [3.8, 4) is 11.6 Å². The molecule has 1 aliphatic rings. The number of nitrogens with zero attached hydrogens (tertiary/aromatic N) is 4. The molecule has 0 unspecified atom stereocenters. The van der Waals surface area contributed by atoms with Gasteiger partial charge in [0.1, 0.15) is 28.2 Å². The van der Waals surface area contributed by atoms with Crippen molar-refractivity contribution in [1.29, 1.82) is 0 Å². The van der Waals surface area contributed by atoms with Crippen LogP contribution >= 0.6 is 27.3 Å². The Hall–Kier alpha value is -2.53. The highest BCUT2D eigenvalue weighted by molar-refractivity contribution is 9.10. The lowest BCUT2D eigenvalue weighted by molar-refractivity contribution is -0.137. The van der Waals surface area contributed by atoms with Crippen molar-refractivity contribution in [2.75, 3.05) is 18.0 Å². The number of ether oxygens (including phenoxy) is 2. The molecule has 11 heteroatoms. The van der Waals surface area contributed by atoms with Gasteiger partial charge in [0.15, 0.2) is 10.8 Å². The van der Waals surface area contributed by atoms with Gasteiger partial charge in [0.05, 0.1) is 17.0 Å². The van der Waals surface area contributed by atoms with Crippen LogP contribution in [0.2, 0.25) is 0 Å². The van der Waals surface area contributed by atoms with Gasteiger partial charge in [-0.15, -0.1) is 0 Å². The van der Waals surface area contributed by atoms with E-state index < -0.39 is 5.97 Å². The molecule has 4 rings (SSSR count). The molecule has 3 heterocycles. The number of aryl methyl sites for hydroxylation is 1. The third kappa shape index (κ3) is 5.89. The molecule has 176 valence electrons. The molecule has 2 aromatic heterocycles. The van der Waals surface area contributed by atoms with Gasteiger partial charge in [0.25, 0.3) is 0 Å². The molecule has 0 saturated carbocycles. The van der Waals surface area contributed by atoms with Crippen LogP contribution in [0.4, 0.5) is 9.52 Å². The number of thiazole rings is 1. The molecule has 8 nitrogen and oxygen atoms in total. The summed E-state index contributed by atoms with van der Waals surface area (Å²) < 4.78 is 26.9. The van der Waals surface area contributed by atoms with Crippen LogP contribution in [0.1, 0.15) is 38.9 Å². The van der Waals surface area contributed by atoms with E-state index in [9.17, 15) is 9.18 Å². The number of rotatable bonds is 8. The zero-order valence-corrected chi connectivity index (χ0v) is 20.7. The SMILES string of the molecule is CC(C)Oc1nc(CCC(=O)O)nc2nc(N3CCC(Oc4cc(F)ccc4Br)CC3)sc12. The fraction of sp³-hybridized carbons (Fsp3) is 0.455. The van der Waals surface area contributed by atoms with Gasteiger partial charge in [-0.3, -0.25) is 4.79 Å². The average molecular weight is 539 g/mol. The normalized spacial score (nSPS) is 14.8. The third-order valence-electron chi connectivity index (χ3n) is 5.07. The van der Waals surface area contributed by atoms with Crippen molar-refractivity contribution in [2.24, 2.45) is 0 Å². The van der Waals surface area contributed by atoms with Crippen molar-refractivity contribution < 1.29 is 23.8 Å². The second-order valence-electron chi connectivity index (χ2n) is 8.03. The van der Waals surface area contributed by atoms with Crippen molar-refractivity contribution in [1.82, 2.24) is 15.0 Å². The van der Waals surface area contributed by atoms with Crippen LogP contribution in [-0.2, 0) is 11.2 Å². The zero-order valence-electron chi connectivity index (χ0n) is 18.3. The molecular weight excluding hydrogens is 515 g/mol. The maximum absolute atomic E-state index is 13.5. The maximum atomic E-state index is 13.5. The van der Waals surface area contributed by atoms with E-state index in [1.807, 2.05) is 13.8 Å². The Labute approximate surface area is 202 Å². The van der Waals surface area contributed by atoms with E-state index >= 15 is 0 Å². The summed E-state index contributed by atoms with van der Waals surface area (Å²) in [5, 5.41) is 9.80. The molecule has 1 fully saturated rings. The number of piperidine rings is 1. The lowest BCUT2D eigenvalue weighted by Gasteiger charge is -2.32. The molecular formula is C22H24BrFN4O4S. The van der Waals surface area contributed by atoms with Crippen LogP contribution < -0.4 is 14.4 Å². The summed E-state index contributed by atoms with van der Waals surface area (Å²) in [6.07, 6.45) is 1.59. The third-order valence-corrected chi connectivity index (χ3v) is 6.82. The molecule has 33 heavy (non-hydrogen) atoms. The molecule has 1 N–H and O–H groups in total. The summed E-state index contributed by atoms with van der Waals surface area (Å²) in [5.74, 6) is 0.120. The number of carbonyl (C=O) groups is 1. The van der Waals surface area contributed by atoms with Crippen LogP contribution in [0.5, 0.6) is 11.6 Å². The maximum Gasteiger partial charge on any atom is 0.303 e. The summed E-state index contributed by atoms with van der Waals surface area (Å²) in [7, 11) is 0. The van der Waals surface area contributed by atoms with Gasteiger partial charge in [0, 0.05) is 38.4 Å². The first-order chi connectivity index (χ1) is 15.8. The van der Waals surface area contributed by atoms with Gasteiger partial charge in [-0.1, -0.05) is 11.3 Å². The largest absolute Gasteiger partial charge is 0.489 e. The molecule has 0 aliphatic carbocycles. The molecule has 0 radical (unpaired) electrons. The van der Waals surface area contributed by atoms with Gasteiger partial charge >= 0.3 is 5.97 Å². The number of aliphatic carboxylic acids is 1. The van der Waals surface area contributed by atoms with E-state index in [1.54, 1.807) is 6.07 Å². The number of carboxylic acid groups (broad SMARTS) is 1.